The van der Waals surface area contributed by atoms with Crippen LogP contribution in [0.15, 0.2) is 91.3 Å². The molecule has 1 amide bonds. The van der Waals surface area contributed by atoms with E-state index in [0.717, 1.165) is 42.1 Å². The number of alkyl halides is 3. The SMILES string of the molecule is O=C(O)C(F)(F)F.O=C1C(Cc2ccccc2)Nc2ncnc(N3CCc4ccccc4C3)c2N1Cc1ccccc1. The average Bonchev–Trinajstić information content (AvgIpc) is 2.99. The lowest BCUT2D eigenvalue weighted by molar-refractivity contribution is -0.192. The van der Waals surface area contributed by atoms with Crippen molar-refractivity contribution in [3.05, 3.63) is 114 Å². The summed E-state index contributed by atoms with van der Waals surface area (Å²) in [5.74, 6) is -1.20. The van der Waals surface area contributed by atoms with Gasteiger partial charge in [-0.3, -0.25) is 9.69 Å². The van der Waals surface area contributed by atoms with Gasteiger partial charge in [-0.15, -0.1) is 0 Å². The number of anilines is 3. The molecule has 11 heteroatoms. The summed E-state index contributed by atoms with van der Waals surface area (Å²) in [5, 5.41) is 10.6. The van der Waals surface area contributed by atoms with Gasteiger partial charge in [0.2, 0.25) is 5.91 Å². The Morgan fingerprint density at radius 1 is 0.905 bits per heavy atom. The third-order valence-corrected chi connectivity index (χ3v) is 7.09. The molecule has 3 aromatic carbocycles. The highest BCUT2D eigenvalue weighted by atomic mass is 19.4. The van der Waals surface area contributed by atoms with Crippen molar-refractivity contribution in [1.29, 1.82) is 0 Å². The van der Waals surface area contributed by atoms with Crippen LogP contribution in [-0.4, -0.2) is 45.7 Å². The number of fused-ring (bicyclic) bond motifs is 2. The number of halogens is 3. The number of hydrogen-bond acceptors (Lipinski definition) is 6. The van der Waals surface area contributed by atoms with Crippen molar-refractivity contribution in [2.24, 2.45) is 0 Å². The molecule has 1 aromatic heterocycles. The molecule has 2 aliphatic heterocycles. The Balaban J connectivity index is 0.000000451. The summed E-state index contributed by atoms with van der Waals surface area (Å²) in [6, 6.07) is 28.4. The van der Waals surface area contributed by atoms with Gasteiger partial charge >= 0.3 is 12.1 Å². The third kappa shape index (κ3) is 6.51. The largest absolute Gasteiger partial charge is 0.490 e. The number of rotatable bonds is 5. The smallest absolute Gasteiger partial charge is 0.475 e. The molecule has 216 valence electrons. The maximum Gasteiger partial charge on any atom is 0.490 e. The average molecular weight is 576 g/mol. The van der Waals surface area contributed by atoms with Gasteiger partial charge in [0.1, 0.15) is 18.1 Å². The van der Waals surface area contributed by atoms with Crippen molar-refractivity contribution < 1.29 is 27.9 Å². The molecule has 0 radical (unpaired) electrons. The molecule has 0 aliphatic carbocycles. The molecule has 1 atom stereocenters. The van der Waals surface area contributed by atoms with Gasteiger partial charge in [0.25, 0.3) is 0 Å². The van der Waals surface area contributed by atoms with Crippen molar-refractivity contribution in [1.82, 2.24) is 9.97 Å². The minimum absolute atomic E-state index is 0.0404. The van der Waals surface area contributed by atoms with E-state index in [9.17, 15) is 18.0 Å². The first kappa shape index (κ1) is 28.6. The summed E-state index contributed by atoms with van der Waals surface area (Å²) in [6.07, 6.45) is -1.93. The van der Waals surface area contributed by atoms with Crippen molar-refractivity contribution in [3.63, 3.8) is 0 Å². The monoisotopic (exact) mass is 575 g/mol. The van der Waals surface area contributed by atoms with Crippen LogP contribution in [0.25, 0.3) is 0 Å². The van der Waals surface area contributed by atoms with Gasteiger partial charge in [0, 0.05) is 19.5 Å². The van der Waals surface area contributed by atoms with Crippen LogP contribution < -0.4 is 15.1 Å². The van der Waals surface area contributed by atoms with Crippen LogP contribution >= 0.6 is 0 Å². The molecule has 0 spiro atoms. The van der Waals surface area contributed by atoms with Crippen molar-refractivity contribution in [2.45, 2.75) is 38.1 Å². The Kier molecular flexibility index (Phi) is 8.37. The zero-order chi connectivity index (χ0) is 29.7. The number of aromatic nitrogens is 2. The van der Waals surface area contributed by atoms with Gasteiger partial charge in [-0.2, -0.15) is 13.2 Å². The first-order valence-electron chi connectivity index (χ1n) is 13.3. The fraction of sp³-hybridized carbons (Fsp3) is 0.226. The van der Waals surface area contributed by atoms with Gasteiger partial charge in [-0.25, -0.2) is 14.8 Å². The molecule has 0 fully saturated rings. The molecule has 0 saturated heterocycles. The van der Waals surface area contributed by atoms with Crippen LogP contribution in [0.4, 0.5) is 30.5 Å². The molecule has 4 aromatic rings. The molecule has 0 bridgehead atoms. The van der Waals surface area contributed by atoms with Gasteiger partial charge < -0.3 is 15.3 Å². The lowest BCUT2D eigenvalue weighted by atomic mass is 9.99. The quantitative estimate of drug-likeness (QED) is 0.336. The lowest BCUT2D eigenvalue weighted by Crippen LogP contribution is -2.49. The second-order valence-corrected chi connectivity index (χ2v) is 9.93. The van der Waals surface area contributed by atoms with E-state index < -0.39 is 18.2 Å². The minimum Gasteiger partial charge on any atom is -0.475 e. The van der Waals surface area contributed by atoms with Gasteiger partial charge in [0.05, 0.1) is 6.54 Å². The highest BCUT2D eigenvalue weighted by Gasteiger charge is 2.38. The van der Waals surface area contributed by atoms with Gasteiger partial charge in [-0.1, -0.05) is 84.9 Å². The summed E-state index contributed by atoms with van der Waals surface area (Å²) >= 11 is 0. The van der Waals surface area contributed by atoms with E-state index in [2.05, 4.69) is 63.7 Å². The minimum atomic E-state index is -5.08. The molecule has 1 unspecified atom stereocenters. The number of nitrogens with one attached hydrogen (secondary N) is 1. The predicted molar refractivity (Wildman–Crippen MR) is 152 cm³/mol. The van der Waals surface area contributed by atoms with Crippen LogP contribution in [0.3, 0.4) is 0 Å². The number of carboxylic acids is 1. The number of amides is 1. The summed E-state index contributed by atoms with van der Waals surface area (Å²) in [7, 11) is 0. The van der Waals surface area contributed by atoms with E-state index >= 15 is 0 Å². The Hall–Kier alpha value is -4.93. The van der Waals surface area contributed by atoms with Crippen molar-refractivity contribution in [2.75, 3.05) is 21.7 Å². The second kappa shape index (κ2) is 12.3. The number of hydrogen-bond donors (Lipinski definition) is 2. The number of benzene rings is 3. The molecule has 3 heterocycles. The van der Waals surface area contributed by atoms with Crippen LogP contribution in [0.2, 0.25) is 0 Å². The van der Waals surface area contributed by atoms with Crippen LogP contribution in [0.1, 0.15) is 22.3 Å². The number of nitrogens with zero attached hydrogens (tertiary/aromatic N) is 4. The highest BCUT2D eigenvalue weighted by Crippen LogP contribution is 2.40. The number of carboxylic acid groups (broad SMARTS) is 1. The molecular weight excluding hydrogens is 547 g/mol. The zero-order valence-corrected chi connectivity index (χ0v) is 22.5. The molecule has 6 rings (SSSR count). The number of aliphatic carboxylic acids is 1. The molecular formula is C31H28F3N5O3. The Morgan fingerprint density at radius 3 is 2.14 bits per heavy atom. The van der Waals surface area contributed by atoms with E-state index in [-0.39, 0.29) is 5.91 Å². The van der Waals surface area contributed by atoms with Crippen LogP contribution in [0.5, 0.6) is 0 Å². The maximum absolute atomic E-state index is 13.9. The summed E-state index contributed by atoms with van der Waals surface area (Å²) in [4.78, 5) is 36.3. The summed E-state index contributed by atoms with van der Waals surface area (Å²) < 4.78 is 31.7. The van der Waals surface area contributed by atoms with E-state index in [4.69, 9.17) is 14.9 Å². The van der Waals surface area contributed by atoms with Crippen molar-refractivity contribution >= 4 is 29.2 Å². The molecule has 8 nitrogen and oxygen atoms in total. The molecule has 0 saturated carbocycles. The lowest BCUT2D eigenvalue weighted by Gasteiger charge is -2.38. The standard InChI is InChI=1S/C29H27N5O.C2HF3O2/c35-29-25(17-21-9-3-1-4-10-21)32-27-26(34(29)18-22-11-5-2-6-12-22)28(31-20-30-27)33-16-15-23-13-7-8-14-24(23)19-33;3-2(4,5)1(6)7/h1-14,20,25H,15-19H2,(H,30,31,32);(H,6,7). The van der Waals surface area contributed by atoms with Crippen LogP contribution in [-0.2, 0) is 35.5 Å². The van der Waals surface area contributed by atoms with E-state index in [0.29, 0.717) is 18.8 Å². The number of carbonyl (C=O) groups is 2. The van der Waals surface area contributed by atoms with E-state index in [1.54, 1.807) is 6.33 Å². The third-order valence-electron chi connectivity index (χ3n) is 7.09. The summed E-state index contributed by atoms with van der Waals surface area (Å²) in [5.41, 5.74) is 5.64. The maximum atomic E-state index is 13.9. The van der Waals surface area contributed by atoms with E-state index in [1.165, 1.54) is 11.1 Å². The fourth-order valence-corrected chi connectivity index (χ4v) is 5.07. The molecule has 2 N–H and O–H groups in total. The van der Waals surface area contributed by atoms with Gasteiger partial charge in [-0.05, 0) is 28.7 Å². The van der Waals surface area contributed by atoms with Gasteiger partial charge in [0.15, 0.2) is 11.6 Å². The Morgan fingerprint density at radius 2 is 1.50 bits per heavy atom. The zero-order valence-electron chi connectivity index (χ0n) is 22.5. The predicted octanol–water partition coefficient (Wildman–Crippen LogP) is 5.24. The molecule has 42 heavy (non-hydrogen) atoms. The Bertz CT molecular complexity index is 1550. The first-order valence-corrected chi connectivity index (χ1v) is 13.3. The molecule has 2 aliphatic rings. The fourth-order valence-electron chi connectivity index (χ4n) is 5.07. The summed E-state index contributed by atoms with van der Waals surface area (Å²) in [6.45, 7) is 2.09. The van der Waals surface area contributed by atoms with Crippen LogP contribution in [0, 0.1) is 0 Å². The van der Waals surface area contributed by atoms with Crippen molar-refractivity contribution in [3.8, 4) is 0 Å². The topological polar surface area (TPSA) is 98.7 Å². The highest BCUT2D eigenvalue weighted by molar-refractivity contribution is 6.07. The van der Waals surface area contributed by atoms with E-state index in [1.807, 2.05) is 41.3 Å². The first-order chi connectivity index (χ1) is 20.2. The normalized spacial score (nSPS) is 16.0. The second-order valence-electron chi connectivity index (χ2n) is 9.93. The Labute approximate surface area is 240 Å². The number of carbonyl (C=O) groups excluding carboxylic acids is 1.